The molecule has 0 amide bonds. The van der Waals surface area contributed by atoms with E-state index in [2.05, 4.69) is 34.6 Å². The van der Waals surface area contributed by atoms with Crippen molar-refractivity contribution in [2.75, 3.05) is 39.6 Å². The topological polar surface area (TPSA) is 237 Å². The minimum absolute atomic E-state index is 0.106. The van der Waals surface area contributed by atoms with Crippen molar-refractivity contribution in [3.63, 3.8) is 0 Å². The lowest BCUT2D eigenvalue weighted by Gasteiger charge is -2.21. The lowest BCUT2D eigenvalue weighted by atomic mass is 10.00. The molecule has 0 aliphatic carbocycles. The molecule has 582 valence electrons. The van der Waals surface area contributed by atoms with Crippen molar-refractivity contribution < 1.29 is 80.2 Å². The summed E-state index contributed by atoms with van der Waals surface area (Å²) in [5.41, 5.74) is 0. The van der Waals surface area contributed by atoms with Crippen molar-refractivity contribution in [3.05, 3.63) is 0 Å². The molecule has 0 aliphatic heterocycles. The third-order valence-electron chi connectivity index (χ3n) is 18.9. The number of rotatable bonds is 79. The third kappa shape index (κ3) is 71.1. The van der Waals surface area contributed by atoms with Gasteiger partial charge in [0.25, 0.3) is 0 Å². The molecule has 0 rings (SSSR count). The molecule has 0 aromatic rings. The van der Waals surface area contributed by atoms with Crippen LogP contribution in [0.25, 0.3) is 0 Å². The first-order valence-electron chi connectivity index (χ1n) is 41.2. The Balaban J connectivity index is 5.21. The molecular weight excluding hydrogens is 1280 g/mol. The van der Waals surface area contributed by atoms with Crippen molar-refractivity contribution in [3.8, 4) is 0 Å². The van der Waals surface area contributed by atoms with E-state index in [0.717, 1.165) is 102 Å². The highest BCUT2D eigenvalue weighted by molar-refractivity contribution is 7.47. The molecular formula is C79H154O17P2. The average molecular weight is 1440 g/mol. The second-order valence-corrected chi connectivity index (χ2v) is 31.6. The van der Waals surface area contributed by atoms with Crippen molar-refractivity contribution >= 4 is 39.5 Å². The van der Waals surface area contributed by atoms with Gasteiger partial charge in [-0.2, -0.15) is 0 Å². The predicted octanol–water partition coefficient (Wildman–Crippen LogP) is 23.6. The molecule has 0 fully saturated rings. The fraction of sp³-hybridized carbons (Fsp3) is 0.949. The van der Waals surface area contributed by atoms with Gasteiger partial charge in [0.15, 0.2) is 12.2 Å². The van der Waals surface area contributed by atoms with Gasteiger partial charge < -0.3 is 33.8 Å². The van der Waals surface area contributed by atoms with Crippen molar-refractivity contribution in [1.29, 1.82) is 0 Å². The Hall–Kier alpha value is -1.94. The van der Waals surface area contributed by atoms with E-state index < -0.39 is 97.5 Å². The maximum Gasteiger partial charge on any atom is 0.472 e. The average Bonchev–Trinajstić information content (AvgIpc) is 1.16. The first kappa shape index (κ1) is 96.1. The summed E-state index contributed by atoms with van der Waals surface area (Å²) in [6.07, 6.45) is 62.5. The first-order valence-corrected chi connectivity index (χ1v) is 44.2. The van der Waals surface area contributed by atoms with Crippen LogP contribution in [-0.4, -0.2) is 96.7 Å². The smallest absolute Gasteiger partial charge is 0.462 e. The van der Waals surface area contributed by atoms with E-state index in [4.69, 9.17) is 37.0 Å². The Morgan fingerprint density at radius 3 is 0.724 bits per heavy atom. The zero-order valence-corrected chi connectivity index (χ0v) is 65.7. The number of aliphatic hydroxyl groups excluding tert-OH is 1. The number of carbonyl (C=O) groups is 4. The van der Waals surface area contributed by atoms with E-state index in [1.54, 1.807) is 0 Å². The van der Waals surface area contributed by atoms with Crippen molar-refractivity contribution in [2.24, 2.45) is 5.92 Å². The Morgan fingerprint density at radius 1 is 0.286 bits per heavy atom. The fourth-order valence-corrected chi connectivity index (χ4v) is 13.8. The number of aliphatic hydroxyl groups is 1. The van der Waals surface area contributed by atoms with Gasteiger partial charge in [-0.3, -0.25) is 37.3 Å². The molecule has 3 N–H and O–H groups in total. The standard InChI is InChI=1S/C79H154O17P2/c1-6-10-13-16-19-22-25-27-29-31-32-33-35-37-39-42-45-48-55-60-65-79(84)95-74(68-89-76(81)62-57-52-46-43-41-38-36-34-30-28-26-23-20-17-14-11-7-2)70-93-97(85,86)91-66-73(80)67-92-98(87,88)94-71-75(69-90-77(82)63-58-53-50-49-51-56-61-72(5)9-4)96-78(83)64-59-54-47-44-40-24-21-18-15-12-8-3/h72-75,80H,6-71H2,1-5H3,(H,85,86)(H,87,88)/t72?,73-,74-,75-/m1/s1. The molecule has 0 aliphatic rings. The van der Waals surface area contributed by atoms with E-state index in [1.165, 1.54) is 238 Å². The Bertz CT molecular complexity index is 1880. The quantitative estimate of drug-likeness (QED) is 0.0222. The van der Waals surface area contributed by atoms with Gasteiger partial charge in [-0.15, -0.1) is 0 Å². The molecule has 98 heavy (non-hydrogen) atoms. The highest BCUT2D eigenvalue weighted by Crippen LogP contribution is 2.45. The molecule has 3 unspecified atom stereocenters. The summed E-state index contributed by atoms with van der Waals surface area (Å²) in [7, 11) is -9.91. The molecule has 0 radical (unpaired) electrons. The SMILES string of the molecule is CCCCCCCCCCCCCCCCCCCCCCC(=O)O[C@H](COC(=O)CCCCCCCCCCCCCCCCCCC)COP(=O)(O)OC[C@@H](O)COP(=O)(O)OC[C@@H](COC(=O)CCCCCCCCC(C)CC)OC(=O)CCCCCCCCCCCCC. The van der Waals surface area contributed by atoms with Crippen LogP contribution in [0.2, 0.25) is 0 Å². The highest BCUT2D eigenvalue weighted by Gasteiger charge is 2.30. The van der Waals surface area contributed by atoms with Crippen LogP contribution in [0, 0.1) is 5.92 Å². The highest BCUT2D eigenvalue weighted by atomic mass is 31.2. The van der Waals surface area contributed by atoms with Crippen LogP contribution < -0.4 is 0 Å². The lowest BCUT2D eigenvalue weighted by Crippen LogP contribution is -2.30. The maximum absolute atomic E-state index is 13.1. The molecule has 0 heterocycles. The minimum Gasteiger partial charge on any atom is -0.462 e. The molecule has 6 atom stereocenters. The Labute approximate surface area is 600 Å². The number of hydrogen-bond donors (Lipinski definition) is 3. The zero-order valence-electron chi connectivity index (χ0n) is 63.9. The number of hydrogen-bond acceptors (Lipinski definition) is 15. The Kier molecular flexibility index (Phi) is 70.6. The lowest BCUT2D eigenvalue weighted by molar-refractivity contribution is -0.161. The van der Waals surface area contributed by atoms with Crippen molar-refractivity contribution in [2.45, 2.75) is 438 Å². The molecule has 17 nitrogen and oxygen atoms in total. The molecule has 19 heteroatoms. The van der Waals surface area contributed by atoms with Crippen LogP contribution in [0.3, 0.4) is 0 Å². The molecule has 0 aromatic heterocycles. The van der Waals surface area contributed by atoms with Crippen LogP contribution in [0.1, 0.15) is 420 Å². The van der Waals surface area contributed by atoms with E-state index in [1.807, 2.05) is 0 Å². The summed E-state index contributed by atoms with van der Waals surface area (Å²) in [5, 5.41) is 10.6. The van der Waals surface area contributed by atoms with Gasteiger partial charge in [0.1, 0.15) is 19.3 Å². The predicted molar refractivity (Wildman–Crippen MR) is 400 cm³/mol. The largest absolute Gasteiger partial charge is 0.472 e. The zero-order chi connectivity index (χ0) is 71.9. The number of unbranched alkanes of at least 4 members (excludes halogenated alkanes) is 50. The summed E-state index contributed by atoms with van der Waals surface area (Å²) in [6.45, 7) is 7.27. The van der Waals surface area contributed by atoms with Gasteiger partial charge in [-0.25, -0.2) is 9.13 Å². The molecule has 0 spiro atoms. The molecule has 0 saturated carbocycles. The van der Waals surface area contributed by atoms with Crippen LogP contribution in [0.15, 0.2) is 0 Å². The first-order chi connectivity index (χ1) is 47.6. The van der Waals surface area contributed by atoms with E-state index >= 15 is 0 Å². The fourth-order valence-electron chi connectivity index (χ4n) is 12.2. The molecule has 0 saturated heterocycles. The van der Waals surface area contributed by atoms with Crippen molar-refractivity contribution in [1.82, 2.24) is 0 Å². The maximum atomic E-state index is 13.1. The summed E-state index contributed by atoms with van der Waals surface area (Å²) >= 11 is 0. The Morgan fingerprint density at radius 2 is 0.490 bits per heavy atom. The van der Waals surface area contributed by atoms with Crippen LogP contribution in [-0.2, 0) is 65.4 Å². The summed E-state index contributed by atoms with van der Waals surface area (Å²) in [6, 6.07) is 0. The van der Waals surface area contributed by atoms with Crippen LogP contribution >= 0.6 is 15.6 Å². The number of phosphoric acid groups is 2. The van der Waals surface area contributed by atoms with Gasteiger partial charge >= 0.3 is 39.5 Å². The normalized spacial score (nSPS) is 14.2. The van der Waals surface area contributed by atoms with Gasteiger partial charge in [0, 0.05) is 25.7 Å². The second-order valence-electron chi connectivity index (χ2n) is 28.7. The van der Waals surface area contributed by atoms with E-state index in [0.29, 0.717) is 25.7 Å². The van der Waals surface area contributed by atoms with Crippen LogP contribution in [0.4, 0.5) is 0 Å². The monoisotopic (exact) mass is 1440 g/mol. The van der Waals surface area contributed by atoms with Gasteiger partial charge in [-0.1, -0.05) is 369 Å². The van der Waals surface area contributed by atoms with Gasteiger partial charge in [0.05, 0.1) is 26.4 Å². The number of phosphoric ester groups is 2. The number of esters is 4. The van der Waals surface area contributed by atoms with Gasteiger partial charge in [-0.05, 0) is 31.6 Å². The van der Waals surface area contributed by atoms with E-state index in [9.17, 15) is 43.2 Å². The number of ether oxygens (including phenoxy) is 4. The summed E-state index contributed by atoms with van der Waals surface area (Å²) in [4.78, 5) is 72.9. The molecule has 0 aromatic carbocycles. The summed E-state index contributed by atoms with van der Waals surface area (Å²) < 4.78 is 68.6. The minimum atomic E-state index is -4.96. The summed E-state index contributed by atoms with van der Waals surface area (Å²) in [5.74, 6) is -1.38. The van der Waals surface area contributed by atoms with Gasteiger partial charge in [0.2, 0.25) is 0 Å². The second kappa shape index (κ2) is 72.0. The third-order valence-corrected chi connectivity index (χ3v) is 20.8. The van der Waals surface area contributed by atoms with E-state index in [-0.39, 0.29) is 25.7 Å². The van der Waals surface area contributed by atoms with Crippen LogP contribution in [0.5, 0.6) is 0 Å². The molecule has 0 bridgehead atoms. The number of carbonyl (C=O) groups excluding carboxylic acids is 4.